The Hall–Kier alpha value is -1.53. The molecule has 22 heavy (non-hydrogen) atoms. The Labute approximate surface area is 136 Å². The van der Waals surface area contributed by atoms with Gasteiger partial charge in [0.15, 0.2) is 5.76 Å². The number of rotatable bonds is 3. The van der Waals surface area contributed by atoms with Crippen molar-refractivity contribution in [1.82, 2.24) is 15.1 Å². The van der Waals surface area contributed by atoms with Gasteiger partial charge in [-0.25, -0.2) is 0 Å². The Bertz CT molecular complexity index is 558. The fraction of sp³-hybridized carbons (Fsp3) is 0.600. The lowest BCUT2D eigenvalue weighted by Gasteiger charge is -2.23. The first kappa shape index (κ1) is 16.8. The molecule has 1 aromatic rings. The van der Waals surface area contributed by atoms with E-state index in [-0.39, 0.29) is 24.2 Å². The summed E-state index contributed by atoms with van der Waals surface area (Å²) in [5.74, 6) is 0.971. The number of fused-ring (bicyclic) bond motifs is 2. The lowest BCUT2D eigenvalue weighted by molar-refractivity contribution is -0.132. The van der Waals surface area contributed by atoms with Crippen LogP contribution in [0.5, 0.6) is 0 Å². The molecule has 0 radical (unpaired) electrons. The second kappa shape index (κ2) is 6.71. The van der Waals surface area contributed by atoms with Crippen molar-refractivity contribution >= 4 is 24.2 Å². The number of hydrogen-bond donors (Lipinski definition) is 1. The van der Waals surface area contributed by atoms with Gasteiger partial charge in [-0.05, 0) is 25.0 Å². The first-order chi connectivity index (χ1) is 10.0. The minimum absolute atomic E-state index is 0. The normalized spacial score (nSPS) is 23.9. The maximum absolute atomic E-state index is 12.2. The average Bonchev–Trinajstić information content (AvgIpc) is 3.03. The van der Waals surface area contributed by atoms with Gasteiger partial charge in [-0.2, -0.15) is 0 Å². The first-order valence-electron chi connectivity index (χ1n) is 7.37. The third-order valence-electron chi connectivity index (χ3n) is 4.17. The lowest BCUT2D eigenvalue weighted by Crippen LogP contribution is -2.37. The molecule has 0 saturated carbocycles. The van der Waals surface area contributed by atoms with Gasteiger partial charge in [-0.3, -0.25) is 9.59 Å². The fourth-order valence-corrected chi connectivity index (χ4v) is 3.05. The summed E-state index contributed by atoms with van der Waals surface area (Å²) in [5, 5.41) is 3.48. The van der Waals surface area contributed by atoms with Crippen molar-refractivity contribution in [1.29, 1.82) is 0 Å². The van der Waals surface area contributed by atoms with E-state index in [0.717, 1.165) is 12.8 Å². The third kappa shape index (κ3) is 3.44. The van der Waals surface area contributed by atoms with Crippen molar-refractivity contribution in [3.8, 4) is 0 Å². The Balaban J connectivity index is 0.00000176. The zero-order valence-corrected chi connectivity index (χ0v) is 13.7. The van der Waals surface area contributed by atoms with E-state index >= 15 is 0 Å². The second-order valence-corrected chi connectivity index (χ2v) is 6.08. The molecule has 2 atom stereocenters. The average molecular weight is 328 g/mol. The lowest BCUT2D eigenvalue weighted by atomic mass is 10.1. The minimum atomic E-state index is -0.163. The van der Waals surface area contributed by atoms with Crippen LogP contribution in [0.25, 0.3) is 0 Å². The predicted octanol–water partition coefficient (Wildman–Crippen LogP) is 1.26. The fourth-order valence-electron chi connectivity index (χ4n) is 3.05. The van der Waals surface area contributed by atoms with E-state index in [9.17, 15) is 9.59 Å². The molecule has 2 aliphatic heterocycles. The topological polar surface area (TPSA) is 65.8 Å². The van der Waals surface area contributed by atoms with Gasteiger partial charge in [0, 0.05) is 39.1 Å². The summed E-state index contributed by atoms with van der Waals surface area (Å²) in [7, 11) is 3.37. The van der Waals surface area contributed by atoms with Crippen LogP contribution in [-0.4, -0.2) is 54.3 Å². The van der Waals surface area contributed by atoms with Gasteiger partial charge in [-0.1, -0.05) is 0 Å². The van der Waals surface area contributed by atoms with Crippen LogP contribution in [0.4, 0.5) is 0 Å². The molecule has 1 N–H and O–H groups in total. The van der Waals surface area contributed by atoms with Crippen molar-refractivity contribution in [2.24, 2.45) is 0 Å². The molecule has 2 saturated heterocycles. The van der Waals surface area contributed by atoms with Gasteiger partial charge in [0.2, 0.25) is 5.91 Å². The molecule has 0 aromatic carbocycles. The number of hydrogen-bond acceptors (Lipinski definition) is 4. The molecule has 2 amide bonds. The number of nitrogens with one attached hydrogen (secondary N) is 1. The maximum Gasteiger partial charge on any atom is 0.289 e. The first-order valence-corrected chi connectivity index (χ1v) is 7.37. The molecular formula is C15H22ClN3O3. The van der Waals surface area contributed by atoms with Gasteiger partial charge in [-0.15, -0.1) is 12.4 Å². The number of amides is 2. The zero-order valence-electron chi connectivity index (χ0n) is 12.9. The van der Waals surface area contributed by atoms with Crippen molar-refractivity contribution in [2.45, 2.75) is 37.9 Å². The van der Waals surface area contributed by atoms with Crippen molar-refractivity contribution < 1.29 is 14.0 Å². The van der Waals surface area contributed by atoms with Crippen LogP contribution >= 0.6 is 12.4 Å². The maximum atomic E-state index is 12.2. The van der Waals surface area contributed by atoms with Gasteiger partial charge in [0.25, 0.3) is 5.91 Å². The van der Waals surface area contributed by atoms with Crippen LogP contribution < -0.4 is 5.32 Å². The molecular weight excluding hydrogens is 306 g/mol. The molecule has 0 aliphatic carbocycles. The van der Waals surface area contributed by atoms with Crippen LogP contribution in [0.2, 0.25) is 0 Å². The monoisotopic (exact) mass is 327 g/mol. The molecule has 2 fully saturated rings. The van der Waals surface area contributed by atoms with Crippen LogP contribution in [0.3, 0.4) is 0 Å². The van der Waals surface area contributed by atoms with Gasteiger partial charge in [0.05, 0.1) is 6.54 Å². The Morgan fingerprint density at radius 1 is 1.36 bits per heavy atom. The summed E-state index contributed by atoms with van der Waals surface area (Å²) >= 11 is 0. The number of carbonyl (C=O) groups is 2. The summed E-state index contributed by atoms with van der Waals surface area (Å²) in [6.45, 7) is 1.15. The highest BCUT2D eigenvalue weighted by molar-refractivity contribution is 5.91. The third-order valence-corrected chi connectivity index (χ3v) is 4.17. The number of nitrogens with zero attached hydrogens (tertiary/aromatic N) is 2. The van der Waals surface area contributed by atoms with E-state index in [0.29, 0.717) is 43.1 Å². The van der Waals surface area contributed by atoms with Crippen molar-refractivity contribution in [2.75, 3.05) is 20.6 Å². The molecule has 0 unspecified atom stereocenters. The summed E-state index contributed by atoms with van der Waals surface area (Å²) < 4.78 is 5.57. The zero-order chi connectivity index (χ0) is 15.0. The number of likely N-dealkylation sites (tertiary alicyclic amines) is 1. The molecule has 0 spiro atoms. The summed E-state index contributed by atoms with van der Waals surface area (Å²) in [6, 6.07) is 4.17. The Kier molecular flexibility index (Phi) is 5.13. The van der Waals surface area contributed by atoms with Crippen LogP contribution in [-0.2, 0) is 11.3 Å². The molecule has 122 valence electrons. The summed E-state index contributed by atoms with van der Waals surface area (Å²) in [4.78, 5) is 27.3. The number of furan rings is 1. The highest BCUT2D eigenvalue weighted by Gasteiger charge is 2.33. The van der Waals surface area contributed by atoms with Crippen LogP contribution in [0, 0.1) is 0 Å². The van der Waals surface area contributed by atoms with E-state index in [1.807, 2.05) is 4.90 Å². The smallest absolute Gasteiger partial charge is 0.289 e. The summed E-state index contributed by atoms with van der Waals surface area (Å²) in [5.41, 5.74) is 0. The van der Waals surface area contributed by atoms with Gasteiger partial charge in [0.1, 0.15) is 5.76 Å². The predicted molar refractivity (Wildman–Crippen MR) is 84.0 cm³/mol. The molecule has 1 aromatic heterocycles. The molecule has 2 bridgehead atoms. The van der Waals surface area contributed by atoms with E-state index in [1.54, 1.807) is 26.2 Å². The van der Waals surface area contributed by atoms with E-state index < -0.39 is 0 Å². The second-order valence-electron chi connectivity index (χ2n) is 6.08. The highest BCUT2D eigenvalue weighted by Crippen LogP contribution is 2.23. The SMILES string of the molecule is CN(C)C(=O)c1ccc(CN2C[C@@H]3CC[C@H](CC2=O)N3)o1.Cl. The molecule has 3 rings (SSSR count). The minimum Gasteiger partial charge on any atom is -0.454 e. The molecule has 6 nitrogen and oxygen atoms in total. The summed E-state index contributed by atoms with van der Waals surface area (Å²) in [6.07, 6.45) is 2.77. The number of carbonyl (C=O) groups excluding carboxylic acids is 2. The quantitative estimate of drug-likeness (QED) is 0.907. The molecule has 7 heteroatoms. The van der Waals surface area contributed by atoms with Crippen molar-refractivity contribution in [3.05, 3.63) is 23.7 Å². The largest absolute Gasteiger partial charge is 0.454 e. The standard InChI is InChI=1S/C15H21N3O3.ClH/c1-17(2)15(20)13-6-5-12(21-13)9-18-8-11-4-3-10(16-11)7-14(18)19;/h5-6,10-11,16H,3-4,7-9H2,1-2H3;1H/t10-,11+;/m1./s1. The van der Waals surface area contributed by atoms with Crippen molar-refractivity contribution in [3.63, 3.8) is 0 Å². The van der Waals surface area contributed by atoms with E-state index in [4.69, 9.17) is 4.42 Å². The highest BCUT2D eigenvalue weighted by atomic mass is 35.5. The molecule has 2 aliphatic rings. The van der Waals surface area contributed by atoms with Crippen LogP contribution in [0.15, 0.2) is 16.5 Å². The number of halogens is 1. The Morgan fingerprint density at radius 2 is 2.09 bits per heavy atom. The van der Waals surface area contributed by atoms with Crippen LogP contribution in [0.1, 0.15) is 35.6 Å². The van der Waals surface area contributed by atoms with E-state index in [2.05, 4.69) is 5.32 Å². The van der Waals surface area contributed by atoms with E-state index in [1.165, 1.54) is 4.90 Å². The Morgan fingerprint density at radius 3 is 2.82 bits per heavy atom. The van der Waals surface area contributed by atoms with Gasteiger partial charge < -0.3 is 19.5 Å². The molecule has 3 heterocycles. The van der Waals surface area contributed by atoms with Gasteiger partial charge >= 0.3 is 0 Å².